The first kappa shape index (κ1) is 10.5. The molecule has 11 heavy (non-hydrogen) atoms. The minimum absolute atomic E-state index is 0. The third-order valence-corrected chi connectivity index (χ3v) is 1.38. The predicted octanol–water partition coefficient (Wildman–Crippen LogP) is 0.299. The molecular weight excluding hydrogens is 164 g/mol. The first-order valence-corrected chi connectivity index (χ1v) is 3.31. The number of nitrogens with one attached hydrogen (secondary N) is 1. The van der Waals surface area contributed by atoms with Crippen molar-refractivity contribution < 1.29 is 5.11 Å². The molecule has 1 unspecified atom stereocenters. The summed E-state index contributed by atoms with van der Waals surface area (Å²) in [5.74, 6) is 0. The molecule has 0 aromatic carbocycles. The fourth-order valence-electron chi connectivity index (χ4n) is 0.842. The highest BCUT2D eigenvalue weighted by molar-refractivity contribution is 5.85. The number of aromatic amines is 1. The summed E-state index contributed by atoms with van der Waals surface area (Å²) in [6, 6.07) is 3.73. The van der Waals surface area contributed by atoms with E-state index in [1.807, 2.05) is 18.3 Å². The quantitative estimate of drug-likeness (QED) is 0.621. The SMILES string of the molecule is Cl.NC(CO)Cc1ccc[nH]1. The van der Waals surface area contributed by atoms with Gasteiger partial charge in [-0.3, -0.25) is 0 Å². The lowest BCUT2D eigenvalue weighted by Crippen LogP contribution is -2.26. The minimum atomic E-state index is -0.140. The van der Waals surface area contributed by atoms with Crippen LogP contribution >= 0.6 is 12.4 Å². The fraction of sp³-hybridized carbons (Fsp3) is 0.429. The Hall–Kier alpha value is -0.510. The van der Waals surface area contributed by atoms with Gasteiger partial charge in [0.05, 0.1) is 6.61 Å². The molecule has 1 rings (SSSR count). The number of halogens is 1. The van der Waals surface area contributed by atoms with Crippen molar-refractivity contribution in [1.82, 2.24) is 4.98 Å². The molecular formula is C7H13ClN2O. The van der Waals surface area contributed by atoms with E-state index < -0.39 is 0 Å². The van der Waals surface area contributed by atoms with Crippen LogP contribution in [0, 0.1) is 0 Å². The Balaban J connectivity index is 0.000001000. The molecule has 0 aliphatic rings. The molecule has 4 heteroatoms. The van der Waals surface area contributed by atoms with Gasteiger partial charge in [0.15, 0.2) is 0 Å². The van der Waals surface area contributed by atoms with Crippen LogP contribution in [0.5, 0.6) is 0 Å². The first-order valence-electron chi connectivity index (χ1n) is 3.31. The van der Waals surface area contributed by atoms with Crippen LogP contribution in [0.25, 0.3) is 0 Å². The maximum atomic E-state index is 8.59. The number of aromatic nitrogens is 1. The Morgan fingerprint density at radius 2 is 2.36 bits per heavy atom. The number of hydrogen-bond donors (Lipinski definition) is 3. The Morgan fingerprint density at radius 1 is 1.64 bits per heavy atom. The molecule has 1 aromatic rings. The molecule has 0 aliphatic heterocycles. The molecule has 0 aliphatic carbocycles. The van der Waals surface area contributed by atoms with Crippen LogP contribution in [0.1, 0.15) is 5.69 Å². The number of H-pyrrole nitrogens is 1. The van der Waals surface area contributed by atoms with Crippen molar-refractivity contribution in [3.05, 3.63) is 24.0 Å². The van der Waals surface area contributed by atoms with Crippen molar-refractivity contribution in [3.63, 3.8) is 0 Å². The third kappa shape index (κ3) is 3.41. The molecule has 1 aromatic heterocycles. The molecule has 64 valence electrons. The zero-order chi connectivity index (χ0) is 7.40. The molecule has 1 heterocycles. The standard InChI is InChI=1S/C7H12N2O.ClH/c8-6(5-10)4-7-2-1-3-9-7;/h1-3,6,9-10H,4-5,8H2;1H. The number of aliphatic hydroxyl groups excluding tert-OH is 1. The zero-order valence-corrected chi connectivity index (χ0v) is 6.97. The van der Waals surface area contributed by atoms with Gasteiger partial charge in [0, 0.05) is 24.4 Å². The van der Waals surface area contributed by atoms with Crippen molar-refractivity contribution in [2.24, 2.45) is 5.73 Å². The average Bonchev–Trinajstić information content (AvgIpc) is 2.40. The maximum Gasteiger partial charge on any atom is 0.0586 e. The van der Waals surface area contributed by atoms with Gasteiger partial charge in [-0.05, 0) is 12.1 Å². The van der Waals surface area contributed by atoms with Crippen LogP contribution in [-0.2, 0) is 6.42 Å². The molecule has 1 atom stereocenters. The predicted molar refractivity (Wildman–Crippen MR) is 46.8 cm³/mol. The number of hydrogen-bond acceptors (Lipinski definition) is 2. The maximum absolute atomic E-state index is 8.59. The van der Waals surface area contributed by atoms with E-state index in [1.165, 1.54) is 0 Å². The van der Waals surface area contributed by atoms with Crippen LogP contribution in [0.15, 0.2) is 18.3 Å². The topological polar surface area (TPSA) is 62.0 Å². The fourth-order valence-corrected chi connectivity index (χ4v) is 0.842. The number of aliphatic hydroxyl groups is 1. The van der Waals surface area contributed by atoms with E-state index in [9.17, 15) is 0 Å². The molecule has 0 saturated carbocycles. The Morgan fingerprint density at radius 3 is 2.82 bits per heavy atom. The summed E-state index contributed by atoms with van der Waals surface area (Å²) in [5, 5.41) is 8.59. The van der Waals surface area contributed by atoms with Gasteiger partial charge in [-0.25, -0.2) is 0 Å². The summed E-state index contributed by atoms with van der Waals surface area (Å²) in [5.41, 5.74) is 6.57. The third-order valence-electron chi connectivity index (χ3n) is 1.38. The van der Waals surface area contributed by atoms with Crippen molar-refractivity contribution in [2.45, 2.75) is 12.5 Å². The molecule has 4 N–H and O–H groups in total. The Kier molecular flexibility index (Phi) is 4.94. The summed E-state index contributed by atoms with van der Waals surface area (Å²) in [6.45, 7) is 0.0407. The normalized spacial score (nSPS) is 12.2. The highest BCUT2D eigenvalue weighted by Crippen LogP contribution is 1.97. The van der Waals surface area contributed by atoms with Crippen LogP contribution in [0.2, 0.25) is 0 Å². The second-order valence-electron chi connectivity index (χ2n) is 2.34. The summed E-state index contributed by atoms with van der Waals surface area (Å²) < 4.78 is 0. The Labute approximate surface area is 72.0 Å². The highest BCUT2D eigenvalue weighted by Gasteiger charge is 2.00. The molecule has 3 nitrogen and oxygen atoms in total. The second kappa shape index (κ2) is 5.18. The van der Waals surface area contributed by atoms with Crippen molar-refractivity contribution >= 4 is 12.4 Å². The summed E-state index contributed by atoms with van der Waals surface area (Å²) in [7, 11) is 0. The lowest BCUT2D eigenvalue weighted by atomic mass is 10.2. The van der Waals surface area contributed by atoms with E-state index in [4.69, 9.17) is 10.8 Å². The molecule has 0 spiro atoms. The molecule has 0 bridgehead atoms. The smallest absolute Gasteiger partial charge is 0.0586 e. The van der Waals surface area contributed by atoms with Gasteiger partial charge in [-0.15, -0.1) is 12.4 Å². The van der Waals surface area contributed by atoms with Gasteiger partial charge < -0.3 is 15.8 Å². The first-order chi connectivity index (χ1) is 4.83. The van der Waals surface area contributed by atoms with Crippen LogP contribution in [0.4, 0.5) is 0 Å². The highest BCUT2D eigenvalue weighted by atomic mass is 35.5. The van der Waals surface area contributed by atoms with Gasteiger partial charge in [0.1, 0.15) is 0 Å². The summed E-state index contributed by atoms with van der Waals surface area (Å²) in [4.78, 5) is 3.01. The zero-order valence-electron chi connectivity index (χ0n) is 6.16. The van der Waals surface area contributed by atoms with Crippen LogP contribution in [-0.4, -0.2) is 22.7 Å². The van der Waals surface area contributed by atoms with E-state index in [1.54, 1.807) is 0 Å². The largest absolute Gasteiger partial charge is 0.395 e. The van der Waals surface area contributed by atoms with Crippen molar-refractivity contribution in [1.29, 1.82) is 0 Å². The Bertz CT molecular complexity index is 177. The molecule has 0 fully saturated rings. The lowest BCUT2D eigenvalue weighted by Gasteiger charge is -2.04. The van der Waals surface area contributed by atoms with Crippen LogP contribution < -0.4 is 5.73 Å². The monoisotopic (exact) mass is 176 g/mol. The van der Waals surface area contributed by atoms with Gasteiger partial charge in [-0.2, -0.15) is 0 Å². The van der Waals surface area contributed by atoms with E-state index >= 15 is 0 Å². The van der Waals surface area contributed by atoms with Gasteiger partial charge in [0.2, 0.25) is 0 Å². The van der Waals surface area contributed by atoms with Gasteiger partial charge in [-0.1, -0.05) is 0 Å². The van der Waals surface area contributed by atoms with E-state index in [0.29, 0.717) is 6.42 Å². The molecule has 0 radical (unpaired) electrons. The minimum Gasteiger partial charge on any atom is -0.395 e. The van der Waals surface area contributed by atoms with Crippen molar-refractivity contribution in [3.8, 4) is 0 Å². The van der Waals surface area contributed by atoms with E-state index in [0.717, 1.165) is 5.69 Å². The molecule has 0 amide bonds. The second-order valence-corrected chi connectivity index (χ2v) is 2.34. The van der Waals surface area contributed by atoms with E-state index in [2.05, 4.69) is 4.98 Å². The summed E-state index contributed by atoms with van der Waals surface area (Å²) >= 11 is 0. The average molecular weight is 177 g/mol. The lowest BCUT2D eigenvalue weighted by molar-refractivity contribution is 0.264. The van der Waals surface area contributed by atoms with Gasteiger partial charge in [0.25, 0.3) is 0 Å². The van der Waals surface area contributed by atoms with E-state index in [-0.39, 0.29) is 25.1 Å². The van der Waals surface area contributed by atoms with Gasteiger partial charge >= 0.3 is 0 Å². The molecule has 0 saturated heterocycles. The number of nitrogens with two attached hydrogens (primary N) is 1. The number of rotatable bonds is 3. The van der Waals surface area contributed by atoms with Crippen molar-refractivity contribution in [2.75, 3.05) is 6.61 Å². The summed E-state index contributed by atoms with van der Waals surface area (Å²) in [6.07, 6.45) is 2.56. The van der Waals surface area contributed by atoms with Crippen LogP contribution in [0.3, 0.4) is 0 Å².